The van der Waals surface area contributed by atoms with Gasteiger partial charge in [0.05, 0.1) is 6.26 Å². The minimum atomic E-state index is -0.748. The van der Waals surface area contributed by atoms with Crippen molar-refractivity contribution >= 4 is 11.7 Å². The number of aliphatic carboxylic acids is 1. The fourth-order valence-electron chi connectivity index (χ4n) is 2.45. The van der Waals surface area contributed by atoms with Gasteiger partial charge in [-0.05, 0) is 37.6 Å². The number of carboxylic acid groups (broad SMARTS) is 1. The van der Waals surface area contributed by atoms with Crippen molar-refractivity contribution in [2.45, 2.75) is 32.2 Å². The van der Waals surface area contributed by atoms with E-state index in [1.54, 1.807) is 6.26 Å². The van der Waals surface area contributed by atoms with E-state index >= 15 is 0 Å². The first-order valence-electron chi connectivity index (χ1n) is 7.22. The van der Waals surface area contributed by atoms with Crippen molar-refractivity contribution in [1.29, 1.82) is 0 Å². The van der Waals surface area contributed by atoms with Gasteiger partial charge in [-0.1, -0.05) is 18.2 Å². The lowest BCUT2D eigenvalue weighted by atomic mass is 10.1. The largest absolute Gasteiger partial charge is 0.481 e. The lowest BCUT2D eigenvalue weighted by molar-refractivity contribution is -0.137. The molecule has 112 valence electrons. The van der Waals surface area contributed by atoms with Crippen LogP contribution in [0.25, 0.3) is 0 Å². The quantitative estimate of drug-likeness (QED) is 0.806. The number of carboxylic acids is 1. The molecule has 21 heavy (non-hydrogen) atoms. The molecule has 0 bridgehead atoms. The number of furan rings is 1. The van der Waals surface area contributed by atoms with Gasteiger partial charge in [-0.15, -0.1) is 0 Å². The Bertz CT molecular complexity index is 536. The summed E-state index contributed by atoms with van der Waals surface area (Å²) in [5.41, 5.74) is 1.11. The molecule has 0 saturated heterocycles. The van der Waals surface area contributed by atoms with Crippen molar-refractivity contribution in [1.82, 2.24) is 0 Å². The summed E-state index contributed by atoms with van der Waals surface area (Å²) in [6.45, 7) is 2.86. The van der Waals surface area contributed by atoms with Crippen LogP contribution in [-0.2, 0) is 11.2 Å². The van der Waals surface area contributed by atoms with Crippen molar-refractivity contribution in [2.75, 3.05) is 11.4 Å². The Labute approximate surface area is 125 Å². The van der Waals surface area contributed by atoms with E-state index in [1.165, 1.54) is 0 Å². The highest BCUT2D eigenvalue weighted by molar-refractivity contribution is 5.66. The fraction of sp³-hybridized carbons (Fsp3) is 0.353. The predicted molar refractivity (Wildman–Crippen MR) is 82.5 cm³/mol. The minimum Gasteiger partial charge on any atom is -0.481 e. The molecule has 4 heteroatoms. The first-order chi connectivity index (χ1) is 10.2. The number of anilines is 1. The number of para-hydroxylation sites is 1. The van der Waals surface area contributed by atoms with Crippen LogP contribution >= 0.6 is 0 Å². The highest BCUT2D eigenvalue weighted by atomic mass is 16.4. The highest BCUT2D eigenvalue weighted by Gasteiger charge is 2.16. The summed E-state index contributed by atoms with van der Waals surface area (Å²) in [7, 11) is 0. The van der Waals surface area contributed by atoms with Gasteiger partial charge < -0.3 is 14.4 Å². The second kappa shape index (κ2) is 7.53. The number of carbonyl (C=O) groups is 1. The molecule has 2 aromatic rings. The summed E-state index contributed by atoms with van der Waals surface area (Å²) in [5, 5.41) is 8.81. The van der Waals surface area contributed by atoms with Crippen LogP contribution in [0.3, 0.4) is 0 Å². The van der Waals surface area contributed by atoms with Gasteiger partial charge in [0.25, 0.3) is 0 Å². The van der Waals surface area contributed by atoms with Gasteiger partial charge in [0.15, 0.2) is 0 Å². The van der Waals surface area contributed by atoms with Crippen molar-refractivity contribution in [3.63, 3.8) is 0 Å². The number of hydrogen-bond donors (Lipinski definition) is 1. The maximum absolute atomic E-state index is 10.7. The number of rotatable bonds is 8. The molecular weight excluding hydrogens is 266 g/mol. The van der Waals surface area contributed by atoms with Crippen molar-refractivity contribution in [2.24, 2.45) is 0 Å². The smallest absolute Gasteiger partial charge is 0.303 e. The summed E-state index contributed by atoms with van der Waals surface area (Å²) >= 11 is 0. The van der Waals surface area contributed by atoms with Crippen LogP contribution in [0.4, 0.5) is 5.69 Å². The highest BCUT2D eigenvalue weighted by Crippen LogP contribution is 2.20. The van der Waals surface area contributed by atoms with Crippen molar-refractivity contribution < 1.29 is 14.3 Å². The average molecular weight is 287 g/mol. The number of hydrogen-bond acceptors (Lipinski definition) is 3. The average Bonchev–Trinajstić information content (AvgIpc) is 2.97. The zero-order valence-corrected chi connectivity index (χ0v) is 12.2. The third-order valence-electron chi connectivity index (χ3n) is 3.49. The number of benzene rings is 1. The fourth-order valence-corrected chi connectivity index (χ4v) is 2.45. The molecule has 0 fully saturated rings. The van der Waals surface area contributed by atoms with E-state index in [0.717, 1.165) is 24.4 Å². The van der Waals surface area contributed by atoms with Gasteiger partial charge in [0.1, 0.15) is 5.76 Å². The molecule has 0 spiro atoms. The lowest BCUT2D eigenvalue weighted by Crippen LogP contribution is -2.35. The van der Waals surface area contributed by atoms with Gasteiger partial charge in [-0.25, -0.2) is 0 Å². The zero-order valence-electron chi connectivity index (χ0n) is 12.2. The molecule has 2 rings (SSSR count). The monoisotopic (exact) mass is 287 g/mol. The Morgan fingerprint density at radius 1 is 1.24 bits per heavy atom. The van der Waals surface area contributed by atoms with Gasteiger partial charge >= 0.3 is 5.97 Å². The molecule has 0 radical (unpaired) electrons. The van der Waals surface area contributed by atoms with E-state index in [2.05, 4.69) is 24.0 Å². The van der Waals surface area contributed by atoms with E-state index in [4.69, 9.17) is 9.52 Å². The second-order valence-corrected chi connectivity index (χ2v) is 5.16. The van der Waals surface area contributed by atoms with E-state index in [-0.39, 0.29) is 12.5 Å². The normalized spacial score (nSPS) is 12.0. The standard InChI is InChI=1S/C17H21NO3/c1-14(13-16-9-6-12-21-16)18(11-5-10-17(19)20)15-7-3-2-4-8-15/h2-4,6-9,12,14H,5,10-11,13H2,1H3,(H,19,20). The van der Waals surface area contributed by atoms with Crippen LogP contribution in [0.5, 0.6) is 0 Å². The van der Waals surface area contributed by atoms with Crippen molar-refractivity contribution in [3.8, 4) is 0 Å². The van der Waals surface area contributed by atoms with Gasteiger partial charge in [-0.3, -0.25) is 4.79 Å². The topological polar surface area (TPSA) is 53.7 Å². The summed E-state index contributed by atoms with van der Waals surface area (Å²) in [5.74, 6) is 0.198. The summed E-state index contributed by atoms with van der Waals surface area (Å²) in [6.07, 6.45) is 3.30. The van der Waals surface area contributed by atoms with Gasteiger partial charge in [0.2, 0.25) is 0 Å². The summed E-state index contributed by atoms with van der Waals surface area (Å²) in [6, 6.07) is 14.2. The first-order valence-corrected chi connectivity index (χ1v) is 7.22. The third-order valence-corrected chi connectivity index (χ3v) is 3.49. The molecule has 0 aliphatic carbocycles. The molecule has 1 unspecified atom stereocenters. The molecule has 1 aromatic heterocycles. The maximum atomic E-state index is 10.7. The summed E-state index contributed by atoms with van der Waals surface area (Å²) < 4.78 is 5.41. The first kappa shape index (κ1) is 15.2. The Morgan fingerprint density at radius 2 is 2.00 bits per heavy atom. The SMILES string of the molecule is CC(Cc1ccco1)N(CCCC(=O)O)c1ccccc1. The Hall–Kier alpha value is -2.23. The predicted octanol–water partition coefficient (Wildman–Crippen LogP) is 3.58. The van der Waals surface area contributed by atoms with E-state index in [0.29, 0.717) is 6.42 Å². The molecule has 1 heterocycles. The van der Waals surface area contributed by atoms with E-state index in [9.17, 15) is 4.79 Å². The molecular formula is C17H21NO3. The van der Waals surface area contributed by atoms with Crippen LogP contribution in [0.1, 0.15) is 25.5 Å². The van der Waals surface area contributed by atoms with Crippen LogP contribution < -0.4 is 4.90 Å². The van der Waals surface area contributed by atoms with Gasteiger partial charge in [-0.2, -0.15) is 0 Å². The lowest BCUT2D eigenvalue weighted by Gasteiger charge is -2.31. The van der Waals surface area contributed by atoms with Crippen LogP contribution in [0.2, 0.25) is 0 Å². The molecule has 1 aromatic carbocycles. The van der Waals surface area contributed by atoms with Crippen LogP contribution in [0, 0.1) is 0 Å². The van der Waals surface area contributed by atoms with E-state index < -0.39 is 5.97 Å². The molecule has 4 nitrogen and oxygen atoms in total. The molecule has 1 N–H and O–H groups in total. The van der Waals surface area contributed by atoms with Crippen LogP contribution in [-0.4, -0.2) is 23.7 Å². The molecule has 1 atom stereocenters. The molecule has 0 saturated carbocycles. The number of nitrogens with zero attached hydrogens (tertiary/aromatic N) is 1. The second-order valence-electron chi connectivity index (χ2n) is 5.16. The van der Waals surface area contributed by atoms with Crippen molar-refractivity contribution in [3.05, 3.63) is 54.5 Å². The van der Waals surface area contributed by atoms with Crippen LogP contribution in [0.15, 0.2) is 53.1 Å². The Morgan fingerprint density at radius 3 is 2.62 bits per heavy atom. The third kappa shape index (κ3) is 4.67. The maximum Gasteiger partial charge on any atom is 0.303 e. The van der Waals surface area contributed by atoms with Gasteiger partial charge in [0, 0.05) is 31.1 Å². The van der Waals surface area contributed by atoms with E-state index in [1.807, 2.05) is 30.3 Å². The molecule has 0 aliphatic rings. The summed E-state index contributed by atoms with van der Waals surface area (Å²) in [4.78, 5) is 13.0. The molecule has 0 aliphatic heterocycles. The Kier molecular flexibility index (Phi) is 5.43. The minimum absolute atomic E-state index is 0.191. The Balaban J connectivity index is 2.05. The molecule has 0 amide bonds. The zero-order chi connectivity index (χ0) is 15.1.